The minimum atomic E-state index is -3.54. The summed E-state index contributed by atoms with van der Waals surface area (Å²) in [7, 11) is -0.0577. The molecule has 0 unspecified atom stereocenters. The molecular weight excluding hydrogens is 441 g/mol. The normalized spacial score (nSPS) is 16.9. The summed E-state index contributed by atoms with van der Waals surface area (Å²) in [6, 6.07) is 12.0. The van der Waals surface area contributed by atoms with Gasteiger partial charge in [-0.2, -0.15) is 9.40 Å². The first-order valence-corrected chi connectivity index (χ1v) is 12.3. The number of nitrogens with zero attached hydrogens (tertiary/aromatic N) is 5. The molecule has 0 bridgehead atoms. The van der Waals surface area contributed by atoms with E-state index in [9.17, 15) is 12.8 Å². The fourth-order valence-corrected chi connectivity index (χ4v) is 5.97. The average Bonchev–Trinajstić information content (AvgIpc) is 3.53. The number of rotatable bonds is 5. The van der Waals surface area contributed by atoms with E-state index in [-0.39, 0.29) is 11.9 Å². The van der Waals surface area contributed by atoms with Gasteiger partial charge in [0.05, 0.1) is 22.3 Å². The van der Waals surface area contributed by atoms with Crippen molar-refractivity contribution in [3.8, 4) is 5.69 Å². The van der Waals surface area contributed by atoms with Crippen molar-refractivity contribution in [2.75, 3.05) is 25.0 Å². The summed E-state index contributed by atoms with van der Waals surface area (Å²) in [4.78, 5) is 2.56. The number of likely N-dealkylation sites (N-methyl/N-ethyl adjacent to an activating group) is 1. The van der Waals surface area contributed by atoms with Crippen LogP contribution >= 0.6 is 0 Å². The molecule has 1 aliphatic heterocycles. The summed E-state index contributed by atoms with van der Waals surface area (Å²) in [5.41, 5.74) is 3.91. The average molecular weight is 468 g/mol. The van der Waals surface area contributed by atoms with E-state index in [2.05, 4.69) is 29.1 Å². The lowest BCUT2D eigenvalue weighted by atomic mass is 10.1. The van der Waals surface area contributed by atoms with Gasteiger partial charge in [-0.1, -0.05) is 0 Å². The van der Waals surface area contributed by atoms with Crippen LogP contribution in [0.1, 0.15) is 12.0 Å². The van der Waals surface area contributed by atoms with E-state index in [1.807, 2.05) is 7.05 Å². The standard InChI is InChI=1S/C24H26FN5O2S/c1-17-12-24-18(14-26-30(24)20-6-4-19(25)5-7-20)13-23(17)29-11-8-21(15-29)28(3)33(31,32)22-9-10-27(2)16-22/h4-7,9-10,12-14,16,21H,8,11,15H2,1-3H3/t21-/m1/s1. The van der Waals surface area contributed by atoms with E-state index in [1.165, 1.54) is 16.4 Å². The highest BCUT2D eigenvalue weighted by molar-refractivity contribution is 7.89. The third kappa shape index (κ3) is 3.81. The van der Waals surface area contributed by atoms with Crippen molar-refractivity contribution >= 4 is 26.6 Å². The Morgan fingerprint density at radius 2 is 1.91 bits per heavy atom. The van der Waals surface area contributed by atoms with Crippen LogP contribution in [-0.2, 0) is 17.1 Å². The van der Waals surface area contributed by atoms with Crippen LogP contribution in [0.15, 0.2) is 66.0 Å². The van der Waals surface area contributed by atoms with Gasteiger partial charge in [0.2, 0.25) is 10.0 Å². The molecule has 2 aromatic heterocycles. The highest BCUT2D eigenvalue weighted by Gasteiger charge is 2.34. The molecule has 7 nitrogen and oxygen atoms in total. The summed E-state index contributed by atoms with van der Waals surface area (Å²) in [5.74, 6) is -0.281. The number of hydrogen-bond donors (Lipinski definition) is 0. The van der Waals surface area contributed by atoms with E-state index < -0.39 is 10.0 Å². The third-order valence-corrected chi connectivity index (χ3v) is 8.35. The van der Waals surface area contributed by atoms with Crippen molar-refractivity contribution in [3.05, 3.63) is 72.4 Å². The van der Waals surface area contributed by atoms with Crippen molar-refractivity contribution in [2.45, 2.75) is 24.3 Å². The largest absolute Gasteiger partial charge is 0.370 e. The van der Waals surface area contributed by atoms with Crippen molar-refractivity contribution in [1.29, 1.82) is 0 Å². The predicted octanol–water partition coefficient (Wildman–Crippen LogP) is 3.71. The van der Waals surface area contributed by atoms with Crippen LogP contribution in [0.2, 0.25) is 0 Å². The van der Waals surface area contributed by atoms with Crippen LogP contribution in [0.25, 0.3) is 16.6 Å². The van der Waals surface area contributed by atoms with Gasteiger partial charge >= 0.3 is 0 Å². The first kappa shape index (κ1) is 21.7. The summed E-state index contributed by atoms with van der Waals surface area (Å²) in [6.45, 7) is 3.45. The van der Waals surface area contributed by atoms with Crippen LogP contribution in [0.4, 0.5) is 10.1 Å². The van der Waals surface area contributed by atoms with Gasteiger partial charge in [-0.15, -0.1) is 0 Å². The number of anilines is 1. The molecule has 5 rings (SSSR count). The van der Waals surface area contributed by atoms with Crippen LogP contribution in [0.5, 0.6) is 0 Å². The van der Waals surface area contributed by atoms with Gasteiger partial charge in [-0.25, -0.2) is 17.5 Å². The molecule has 1 saturated heterocycles. The molecule has 172 valence electrons. The van der Waals surface area contributed by atoms with Crippen molar-refractivity contribution < 1.29 is 12.8 Å². The maximum Gasteiger partial charge on any atom is 0.244 e. The number of sulfonamides is 1. The Balaban J connectivity index is 1.40. The van der Waals surface area contributed by atoms with E-state index >= 15 is 0 Å². The SMILES string of the molecule is Cc1cc2c(cnn2-c2ccc(F)cc2)cc1N1CC[C@@H](N(C)S(=O)(=O)c2ccn(C)c2)C1. The minimum absolute atomic E-state index is 0.104. The van der Waals surface area contributed by atoms with Gasteiger partial charge in [0.1, 0.15) is 5.82 Å². The molecule has 9 heteroatoms. The van der Waals surface area contributed by atoms with Crippen LogP contribution in [-0.4, -0.2) is 53.2 Å². The Bertz CT molecular complexity index is 1430. The summed E-state index contributed by atoms with van der Waals surface area (Å²) in [6.07, 6.45) is 5.94. The van der Waals surface area contributed by atoms with Crippen molar-refractivity contribution in [1.82, 2.24) is 18.7 Å². The summed E-state index contributed by atoms with van der Waals surface area (Å²) < 4.78 is 44.4. The fourth-order valence-electron chi connectivity index (χ4n) is 4.55. The molecule has 1 aliphatic rings. The van der Waals surface area contributed by atoms with E-state index in [4.69, 9.17) is 0 Å². The Hall–Kier alpha value is -3.17. The highest BCUT2D eigenvalue weighted by atomic mass is 32.2. The van der Waals surface area contributed by atoms with Gasteiger partial charge in [0, 0.05) is 56.7 Å². The highest BCUT2D eigenvalue weighted by Crippen LogP contribution is 2.32. The van der Waals surface area contributed by atoms with E-state index in [0.29, 0.717) is 11.4 Å². The number of halogens is 1. The van der Waals surface area contributed by atoms with Gasteiger partial charge in [0.15, 0.2) is 0 Å². The lowest BCUT2D eigenvalue weighted by molar-refractivity contribution is 0.390. The molecule has 0 aliphatic carbocycles. The molecular formula is C24H26FN5O2S. The monoisotopic (exact) mass is 467 g/mol. The number of aromatic nitrogens is 3. The molecule has 2 aromatic carbocycles. The smallest absolute Gasteiger partial charge is 0.244 e. The molecule has 0 amide bonds. The molecule has 0 N–H and O–H groups in total. The molecule has 0 saturated carbocycles. The zero-order valence-electron chi connectivity index (χ0n) is 18.8. The maximum absolute atomic E-state index is 13.3. The maximum atomic E-state index is 13.3. The molecule has 1 atom stereocenters. The first-order valence-electron chi connectivity index (χ1n) is 10.8. The number of aryl methyl sites for hydroxylation is 2. The van der Waals surface area contributed by atoms with Gasteiger partial charge in [-0.3, -0.25) is 0 Å². The Labute approximate surface area is 192 Å². The molecule has 1 fully saturated rings. The number of fused-ring (bicyclic) bond motifs is 1. The van der Waals surface area contributed by atoms with Gasteiger partial charge in [-0.05, 0) is 61.4 Å². The zero-order chi connectivity index (χ0) is 23.3. The third-order valence-electron chi connectivity index (χ3n) is 6.46. The lowest BCUT2D eigenvalue weighted by Gasteiger charge is -2.25. The predicted molar refractivity (Wildman–Crippen MR) is 127 cm³/mol. The Morgan fingerprint density at radius 1 is 1.15 bits per heavy atom. The quantitative estimate of drug-likeness (QED) is 0.449. The first-order chi connectivity index (χ1) is 15.7. The molecule has 3 heterocycles. The number of benzene rings is 2. The molecule has 0 spiro atoms. The van der Waals surface area contributed by atoms with Crippen LogP contribution in [0, 0.1) is 12.7 Å². The van der Waals surface area contributed by atoms with Crippen molar-refractivity contribution in [3.63, 3.8) is 0 Å². The molecule has 0 radical (unpaired) electrons. The number of hydrogen-bond acceptors (Lipinski definition) is 4. The lowest BCUT2D eigenvalue weighted by Crippen LogP contribution is -2.39. The zero-order valence-corrected chi connectivity index (χ0v) is 19.6. The van der Waals surface area contributed by atoms with Gasteiger partial charge < -0.3 is 9.47 Å². The molecule has 4 aromatic rings. The Kier molecular flexibility index (Phi) is 5.25. The van der Waals surface area contributed by atoms with E-state index in [0.717, 1.165) is 40.8 Å². The Morgan fingerprint density at radius 3 is 2.61 bits per heavy atom. The van der Waals surface area contributed by atoms with Crippen molar-refractivity contribution in [2.24, 2.45) is 7.05 Å². The second-order valence-electron chi connectivity index (χ2n) is 8.65. The summed E-state index contributed by atoms with van der Waals surface area (Å²) in [5, 5.41) is 5.48. The van der Waals surface area contributed by atoms with Gasteiger partial charge in [0.25, 0.3) is 0 Å². The van der Waals surface area contributed by atoms with E-state index in [1.54, 1.807) is 53.1 Å². The topological polar surface area (TPSA) is 63.4 Å². The summed E-state index contributed by atoms with van der Waals surface area (Å²) >= 11 is 0. The van der Waals surface area contributed by atoms with Crippen LogP contribution in [0.3, 0.4) is 0 Å². The fraction of sp³-hybridized carbons (Fsp3) is 0.292. The van der Waals surface area contributed by atoms with Crippen LogP contribution < -0.4 is 4.90 Å². The minimum Gasteiger partial charge on any atom is -0.370 e. The second kappa shape index (κ2) is 8.00. The molecule has 33 heavy (non-hydrogen) atoms. The second-order valence-corrected chi connectivity index (χ2v) is 10.7.